The maximum atomic E-state index is 11.6. The summed E-state index contributed by atoms with van der Waals surface area (Å²) in [5.74, 6) is 6.53. The number of hydrogen-bond donors (Lipinski definition) is 2. The van der Waals surface area contributed by atoms with E-state index < -0.39 is 0 Å². The number of para-hydroxylation sites is 1. The average Bonchev–Trinajstić information content (AvgIpc) is 2.59. The quantitative estimate of drug-likeness (QED) is 0.817. The lowest BCUT2D eigenvalue weighted by atomic mass is 10.2. The van der Waals surface area contributed by atoms with Crippen molar-refractivity contribution in [2.75, 3.05) is 13.2 Å². The third kappa shape index (κ3) is 6.23. The molecule has 0 aliphatic heterocycles. The van der Waals surface area contributed by atoms with Crippen LogP contribution in [0.2, 0.25) is 5.02 Å². The van der Waals surface area contributed by atoms with E-state index in [2.05, 4.69) is 22.5 Å². The Kier molecular flexibility index (Phi) is 7.00. The summed E-state index contributed by atoms with van der Waals surface area (Å²) >= 11 is 5.81. The summed E-state index contributed by atoms with van der Waals surface area (Å²) in [6, 6.07) is 14.8. The Morgan fingerprint density at radius 3 is 2.58 bits per heavy atom. The monoisotopic (exact) mass is 342 g/mol. The first-order chi connectivity index (χ1) is 11.6. The van der Waals surface area contributed by atoms with Crippen molar-refractivity contribution >= 4 is 17.6 Å². The predicted octanol–water partition coefficient (Wildman–Crippen LogP) is 3.53. The van der Waals surface area contributed by atoms with Crippen LogP contribution in [0.15, 0.2) is 48.5 Å². The highest BCUT2D eigenvalue weighted by Gasteiger charge is 1.99. The first kappa shape index (κ1) is 17.7. The third-order valence-corrected chi connectivity index (χ3v) is 3.47. The van der Waals surface area contributed by atoms with E-state index in [-0.39, 0.29) is 12.6 Å². The molecule has 4 nitrogen and oxygen atoms in total. The Bertz CT molecular complexity index is 733. The fourth-order valence-electron chi connectivity index (χ4n) is 1.92. The van der Waals surface area contributed by atoms with Crippen LogP contribution >= 0.6 is 11.6 Å². The van der Waals surface area contributed by atoms with E-state index in [0.717, 1.165) is 16.9 Å². The number of amides is 2. The molecule has 2 aromatic rings. The van der Waals surface area contributed by atoms with Gasteiger partial charge in [0.25, 0.3) is 0 Å². The summed E-state index contributed by atoms with van der Waals surface area (Å²) in [5, 5.41) is 6.09. The molecule has 5 heteroatoms. The molecule has 0 aliphatic carbocycles. The SMILES string of the molecule is Cc1ccccc1OCC#CCNC(=O)NCc1ccc(Cl)cc1. The van der Waals surface area contributed by atoms with Crippen LogP contribution in [0.1, 0.15) is 11.1 Å². The molecule has 2 rings (SSSR count). The molecule has 24 heavy (non-hydrogen) atoms. The highest BCUT2D eigenvalue weighted by Crippen LogP contribution is 2.15. The van der Waals surface area contributed by atoms with Gasteiger partial charge in [-0.05, 0) is 36.2 Å². The number of carbonyl (C=O) groups excluding carboxylic acids is 1. The van der Waals surface area contributed by atoms with Crippen LogP contribution in [0.5, 0.6) is 5.75 Å². The number of benzene rings is 2. The molecule has 2 aromatic carbocycles. The largest absolute Gasteiger partial charge is 0.481 e. The van der Waals surface area contributed by atoms with E-state index in [4.69, 9.17) is 16.3 Å². The van der Waals surface area contributed by atoms with Crippen molar-refractivity contribution in [3.05, 3.63) is 64.7 Å². The van der Waals surface area contributed by atoms with Crippen molar-refractivity contribution < 1.29 is 9.53 Å². The van der Waals surface area contributed by atoms with Crippen molar-refractivity contribution in [2.24, 2.45) is 0 Å². The Labute approximate surface area is 147 Å². The lowest BCUT2D eigenvalue weighted by Gasteiger charge is -2.06. The van der Waals surface area contributed by atoms with Gasteiger partial charge >= 0.3 is 6.03 Å². The second-order valence-electron chi connectivity index (χ2n) is 5.07. The van der Waals surface area contributed by atoms with Crippen LogP contribution in [-0.2, 0) is 6.54 Å². The van der Waals surface area contributed by atoms with Crippen LogP contribution in [0.25, 0.3) is 0 Å². The van der Waals surface area contributed by atoms with Crippen molar-refractivity contribution in [3.63, 3.8) is 0 Å². The van der Waals surface area contributed by atoms with E-state index >= 15 is 0 Å². The molecule has 0 fully saturated rings. The Balaban J connectivity index is 1.62. The zero-order valence-electron chi connectivity index (χ0n) is 13.4. The second kappa shape index (κ2) is 9.49. The molecule has 0 radical (unpaired) electrons. The molecule has 2 N–H and O–H groups in total. The first-order valence-corrected chi connectivity index (χ1v) is 7.93. The van der Waals surface area contributed by atoms with Gasteiger partial charge in [0.1, 0.15) is 12.4 Å². The van der Waals surface area contributed by atoms with E-state index in [0.29, 0.717) is 18.2 Å². The number of aryl methyl sites for hydroxylation is 1. The van der Waals surface area contributed by atoms with Crippen LogP contribution in [0, 0.1) is 18.8 Å². The van der Waals surface area contributed by atoms with Crippen LogP contribution < -0.4 is 15.4 Å². The van der Waals surface area contributed by atoms with Gasteiger partial charge in [-0.25, -0.2) is 4.79 Å². The minimum atomic E-state index is -0.265. The van der Waals surface area contributed by atoms with Gasteiger partial charge in [0.2, 0.25) is 0 Å². The van der Waals surface area contributed by atoms with Crippen LogP contribution in [0.3, 0.4) is 0 Å². The molecule has 0 aliphatic rings. The number of urea groups is 1. The lowest BCUT2D eigenvalue weighted by Crippen LogP contribution is -2.35. The van der Waals surface area contributed by atoms with E-state index in [9.17, 15) is 4.79 Å². The molecule has 0 aromatic heterocycles. The standard InChI is InChI=1S/C19H19ClN2O2/c1-15-6-2-3-7-18(15)24-13-5-4-12-21-19(23)22-14-16-8-10-17(20)11-9-16/h2-3,6-11H,12-14H2,1H3,(H2,21,22,23). The van der Waals surface area contributed by atoms with Gasteiger partial charge in [-0.3, -0.25) is 0 Å². The van der Waals surface area contributed by atoms with Crippen LogP contribution in [0.4, 0.5) is 4.79 Å². The molecular formula is C19H19ClN2O2. The first-order valence-electron chi connectivity index (χ1n) is 7.55. The molecule has 2 amide bonds. The van der Waals surface area contributed by atoms with Gasteiger partial charge in [0, 0.05) is 11.6 Å². The molecule has 124 valence electrons. The van der Waals surface area contributed by atoms with Gasteiger partial charge < -0.3 is 15.4 Å². The zero-order chi connectivity index (χ0) is 17.2. The van der Waals surface area contributed by atoms with E-state index in [1.165, 1.54) is 0 Å². The summed E-state index contributed by atoms with van der Waals surface area (Å²) in [5.41, 5.74) is 2.05. The number of ether oxygens (including phenoxy) is 1. The fraction of sp³-hybridized carbons (Fsp3) is 0.211. The normalized spacial score (nSPS) is 9.58. The van der Waals surface area contributed by atoms with Gasteiger partial charge in [-0.2, -0.15) is 0 Å². The molecule has 0 spiro atoms. The van der Waals surface area contributed by atoms with Crippen LogP contribution in [-0.4, -0.2) is 19.2 Å². The van der Waals surface area contributed by atoms with Gasteiger partial charge in [0.05, 0.1) is 6.54 Å². The summed E-state index contributed by atoms with van der Waals surface area (Å²) in [6.45, 7) is 2.98. The molecule has 0 heterocycles. The van der Waals surface area contributed by atoms with Crippen molar-refractivity contribution in [1.82, 2.24) is 10.6 Å². The molecule has 0 bridgehead atoms. The number of nitrogens with one attached hydrogen (secondary N) is 2. The summed E-state index contributed by atoms with van der Waals surface area (Å²) in [6.07, 6.45) is 0. The number of rotatable bonds is 5. The van der Waals surface area contributed by atoms with Gasteiger partial charge in [-0.15, -0.1) is 0 Å². The smallest absolute Gasteiger partial charge is 0.315 e. The number of halogens is 1. The summed E-state index contributed by atoms with van der Waals surface area (Å²) in [7, 11) is 0. The van der Waals surface area contributed by atoms with Gasteiger partial charge in [-0.1, -0.05) is 53.8 Å². The fourth-order valence-corrected chi connectivity index (χ4v) is 2.04. The van der Waals surface area contributed by atoms with Crippen molar-refractivity contribution in [2.45, 2.75) is 13.5 Å². The Morgan fingerprint density at radius 1 is 1.08 bits per heavy atom. The summed E-state index contributed by atoms with van der Waals surface area (Å²) < 4.78 is 5.55. The number of carbonyl (C=O) groups is 1. The maximum absolute atomic E-state index is 11.6. The average molecular weight is 343 g/mol. The van der Waals surface area contributed by atoms with Crippen molar-refractivity contribution in [1.29, 1.82) is 0 Å². The molecular weight excluding hydrogens is 324 g/mol. The minimum absolute atomic E-state index is 0.265. The topological polar surface area (TPSA) is 50.4 Å². The van der Waals surface area contributed by atoms with Gasteiger partial charge in [0.15, 0.2) is 0 Å². The molecule has 0 saturated heterocycles. The van der Waals surface area contributed by atoms with E-state index in [1.807, 2.05) is 43.3 Å². The Hall–Kier alpha value is -2.64. The zero-order valence-corrected chi connectivity index (χ0v) is 14.2. The highest BCUT2D eigenvalue weighted by atomic mass is 35.5. The third-order valence-electron chi connectivity index (χ3n) is 3.22. The van der Waals surface area contributed by atoms with E-state index in [1.54, 1.807) is 12.1 Å². The molecule has 0 saturated carbocycles. The maximum Gasteiger partial charge on any atom is 0.315 e. The Morgan fingerprint density at radius 2 is 1.83 bits per heavy atom. The van der Waals surface area contributed by atoms with Crippen molar-refractivity contribution in [3.8, 4) is 17.6 Å². The summed E-state index contributed by atoms with van der Waals surface area (Å²) in [4.78, 5) is 11.6. The molecule has 0 unspecified atom stereocenters. The lowest BCUT2D eigenvalue weighted by molar-refractivity contribution is 0.241. The number of hydrogen-bond acceptors (Lipinski definition) is 2. The molecule has 0 atom stereocenters. The predicted molar refractivity (Wildman–Crippen MR) is 96.1 cm³/mol. The highest BCUT2D eigenvalue weighted by molar-refractivity contribution is 6.30. The minimum Gasteiger partial charge on any atom is -0.481 e. The second-order valence-corrected chi connectivity index (χ2v) is 5.51.